The van der Waals surface area contributed by atoms with Gasteiger partial charge >= 0.3 is 11.8 Å². The zero-order chi connectivity index (χ0) is 26.1. The lowest BCUT2D eigenvalue weighted by molar-refractivity contribution is -0.143. The highest BCUT2D eigenvalue weighted by atomic mass is 16.6. The van der Waals surface area contributed by atoms with Crippen LogP contribution in [0.15, 0.2) is 13.6 Å². The second kappa shape index (κ2) is 13.3. The Bertz CT molecular complexity index is 1000. The molecule has 10 heteroatoms. The van der Waals surface area contributed by atoms with Gasteiger partial charge in [-0.25, -0.2) is 4.79 Å². The number of nitrogens with zero attached hydrogens (tertiary/aromatic N) is 2. The second-order valence-electron chi connectivity index (χ2n) is 9.61. The van der Waals surface area contributed by atoms with Gasteiger partial charge in [0, 0.05) is 19.5 Å². The number of terminal acetylenes is 1. The molecule has 0 radical (unpaired) electrons. The molecule has 2 aliphatic rings. The van der Waals surface area contributed by atoms with Crippen LogP contribution in [-0.4, -0.2) is 66.4 Å². The summed E-state index contributed by atoms with van der Waals surface area (Å²) in [5, 5.41) is 2.75. The average Bonchev–Trinajstić information content (AvgIpc) is 3.19. The van der Waals surface area contributed by atoms with Crippen molar-refractivity contribution >= 4 is 17.8 Å². The van der Waals surface area contributed by atoms with Gasteiger partial charge in [0.05, 0.1) is 25.5 Å². The molecule has 1 unspecified atom stereocenters. The summed E-state index contributed by atoms with van der Waals surface area (Å²) in [5.41, 5.74) is 0. The third-order valence-corrected chi connectivity index (χ3v) is 7.02. The standard InChI is InChI=1S/C26H37N3O7/c1-4-21(15-24(31)34-5-2)27-25(32)20-7-6-12-29(16-20)23(30)9-8-19-10-13-28(14-11-19)17-22-18(3)35-26(33)36-22/h1,19-21H,5-17H2,2-3H3,(H,27,32)/t20-,21?/m1/s1. The predicted molar refractivity (Wildman–Crippen MR) is 131 cm³/mol. The fourth-order valence-corrected chi connectivity index (χ4v) is 4.89. The minimum Gasteiger partial charge on any atom is -0.466 e. The van der Waals surface area contributed by atoms with Gasteiger partial charge in [-0.3, -0.25) is 19.3 Å². The van der Waals surface area contributed by atoms with Crippen LogP contribution in [-0.2, 0) is 25.7 Å². The smallest absolute Gasteiger partial charge is 0.466 e. The third kappa shape index (κ3) is 7.98. The normalized spacial score (nSPS) is 19.9. The lowest BCUT2D eigenvalue weighted by atomic mass is 9.91. The molecule has 0 spiro atoms. The van der Waals surface area contributed by atoms with Crippen molar-refractivity contribution in [2.24, 2.45) is 11.8 Å². The number of hydrogen-bond donors (Lipinski definition) is 1. The van der Waals surface area contributed by atoms with Crippen molar-refractivity contribution in [1.29, 1.82) is 0 Å². The van der Waals surface area contributed by atoms with Crippen molar-refractivity contribution in [3.63, 3.8) is 0 Å². The Morgan fingerprint density at radius 1 is 1.19 bits per heavy atom. The number of ether oxygens (including phenoxy) is 1. The van der Waals surface area contributed by atoms with E-state index >= 15 is 0 Å². The van der Waals surface area contributed by atoms with Crippen LogP contribution in [0.1, 0.15) is 63.4 Å². The van der Waals surface area contributed by atoms with Crippen molar-refractivity contribution in [2.45, 2.75) is 71.4 Å². The van der Waals surface area contributed by atoms with E-state index in [2.05, 4.69) is 16.1 Å². The van der Waals surface area contributed by atoms with Gasteiger partial charge in [-0.1, -0.05) is 5.92 Å². The number of carbonyl (C=O) groups excluding carboxylic acids is 3. The van der Waals surface area contributed by atoms with Crippen LogP contribution in [0.4, 0.5) is 0 Å². The molecule has 2 saturated heterocycles. The second-order valence-corrected chi connectivity index (χ2v) is 9.61. The van der Waals surface area contributed by atoms with Gasteiger partial charge in [-0.15, -0.1) is 6.42 Å². The first-order valence-corrected chi connectivity index (χ1v) is 12.8. The van der Waals surface area contributed by atoms with E-state index in [1.807, 2.05) is 0 Å². The SMILES string of the molecule is C#CC(CC(=O)OCC)NC(=O)[C@@H]1CCCN(C(=O)CCC2CCN(Cc3oc(=O)oc3C)CC2)C1. The minimum absolute atomic E-state index is 0.0691. The first-order valence-electron chi connectivity index (χ1n) is 12.8. The lowest BCUT2D eigenvalue weighted by Crippen LogP contribution is -2.47. The average molecular weight is 504 g/mol. The number of amides is 2. The third-order valence-electron chi connectivity index (χ3n) is 7.02. The molecular formula is C26H37N3O7. The molecule has 2 amide bonds. The van der Waals surface area contributed by atoms with Gasteiger partial charge in [0.1, 0.15) is 11.8 Å². The Labute approximate surface area is 211 Å². The molecule has 2 atom stereocenters. The van der Waals surface area contributed by atoms with Crippen LogP contribution < -0.4 is 11.1 Å². The number of piperidine rings is 2. The number of esters is 1. The van der Waals surface area contributed by atoms with Crippen molar-refractivity contribution in [1.82, 2.24) is 15.1 Å². The molecule has 2 fully saturated rings. The molecule has 10 nitrogen and oxygen atoms in total. The number of rotatable bonds is 10. The summed E-state index contributed by atoms with van der Waals surface area (Å²) in [5.74, 6) is 2.39. The van der Waals surface area contributed by atoms with Gasteiger partial charge in [0.2, 0.25) is 11.8 Å². The summed E-state index contributed by atoms with van der Waals surface area (Å²) in [7, 11) is 0. The van der Waals surface area contributed by atoms with Gasteiger partial charge in [0.15, 0.2) is 5.76 Å². The number of nitrogens with one attached hydrogen (secondary N) is 1. The van der Waals surface area contributed by atoms with E-state index in [1.165, 1.54) is 0 Å². The van der Waals surface area contributed by atoms with E-state index in [9.17, 15) is 19.2 Å². The molecule has 2 aliphatic heterocycles. The van der Waals surface area contributed by atoms with Crippen LogP contribution in [0.25, 0.3) is 0 Å². The van der Waals surface area contributed by atoms with E-state index in [1.54, 1.807) is 18.7 Å². The van der Waals surface area contributed by atoms with E-state index in [0.717, 1.165) is 38.8 Å². The zero-order valence-electron chi connectivity index (χ0n) is 21.3. The predicted octanol–water partition coefficient (Wildman–Crippen LogP) is 1.84. The number of carbonyl (C=O) groups is 3. The molecule has 36 heavy (non-hydrogen) atoms. The fourth-order valence-electron chi connectivity index (χ4n) is 4.89. The van der Waals surface area contributed by atoms with Crippen molar-refractivity contribution in [2.75, 3.05) is 32.8 Å². The maximum Gasteiger partial charge on any atom is 0.519 e. The maximum atomic E-state index is 12.9. The highest BCUT2D eigenvalue weighted by Crippen LogP contribution is 2.25. The van der Waals surface area contributed by atoms with E-state index < -0.39 is 17.8 Å². The molecule has 1 aromatic rings. The van der Waals surface area contributed by atoms with Crippen molar-refractivity contribution < 1.29 is 28.0 Å². The topological polar surface area (TPSA) is 122 Å². The quantitative estimate of drug-likeness (QED) is 0.379. The summed E-state index contributed by atoms with van der Waals surface area (Å²) < 4.78 is 14.9. The van der Waals surface area contributed by atoms with Crippen LogP contribution in [0.5, 0.6) is 0 Å². The first-order chi connectivity index (χ1) is 17.3. The molecule has 1 N–H and O–H groups in total. The van der Waals surface area contributed by atoms with E-state index in [0.29, 0.717) is 49.9 Å². The number of hydrogen-bond acceptors (Lipinski definition) is 8. The molecule has 0 bridgehead atoms. The van der Waals surface area contributed by atoms with E-state index in [-0.39, 0.29) is 30.8 Å². The van der Waals surface area contributed by atoms with Crippen LogP contribution >= 0.6 is 0 Å². The largest absolute Gasteiger partial charge is 0.519 e. The summed E-state index contributed by atoms with van der Waals surface area (Å²) in [6.07, 6.45) is 10.1. The Morgan fingerprint density at radius 3 is 2.58 bits per heavy atom. The van der Waals surface area contributed by atoms with Crippen LogP contribution in [0, 0.1) is 31.1 Å². The molecule has 0 aliphatic carbocycles. The highest BCUT2D eigenvalue weighted by Gasteiger charge is 2.30. The van der Waals surface area contributed by atoms with Crippen LogP contribution in [0.3, 0.4) is 0 Å². The van der Waals surface area contributed by atoms with Crippen molar-refractivity contribution in [3.8, 4) is 12.3 Å². The van der Waals surface area contributed by atoms with Gasteiger partial charge < -0.3 is 23.8 Å². The van der Waals surface area contributed by atoms with E-state index in [4.69, 9.17) is 20.0 Å². The van der Waals surface area contributed by atoms with Crippen molar-refractivity contribution in [3.05, 3.63) is 22.1 Å². The Kier molecular flexibility index (Phi) is 10.2. The molecule has 3 heterocycles. The van der Waals surface area contributed by atoms with Gasteiger partial charge in [-0.2, -0.15) is 0 Å². The number of likely N-dealkylation sites (tertiary alicyclic amines) is 2. The molecule has 0 saturated carbocycles. The zero-order valence-corrected chi connectivity index (χ0v) is 21.3. The fraction of sp³-hybridized carbons (Fsp3) is 0.692. The molecular weight excluding hydrogens is 466 g/mol. The highest BCUT2D eigenvalue weighted by molar-refractivity contribution is 5.82. The maximum absolute atomic E-state index is 12.9. The molecule has 198 valence electrons. The molecule has 0 aromatic carbocycles. The van der Waals surface area contributed by atoms with Gasteiger partial charge in [-0.05, 0) is 65.0 Å². The van der Waals surface area contributed by atoms with Crippen LogP contribution in [0.2, 0.25) is 0 Å². The summed E-state index contributed by atoms with van der Waals surface area (Å²) in [4.78, 5) is 52.5. The summed E-state index contributed by atoms with van der Waals surface area (Å²) in [6, 6.07) is -0.720. The Morgan fingerprint density at radius 2 is 1.94 bits per heavy atom. The van der Waals surface area contributed by atoms with Gasteiger partial charge in [0.25, 0.3) is 0 Å². The first kappa shape index (κ1) is 27.5. The minimum atomic E-state index is -0.720. The number of aryl methyl sites for hydroxylation is 1. The molecule has 3 rings (SSSR count). The monoisotopic (exact) mass is 503 g/mol. The lowest BCUT2D eigenvalue weighted by Gasteiger charge is -2.34. The summed E-state index contributed by atoms with van der Waals surface area (Å²) >= 11 is 0. The Balaban J connectivity index is 1.39. The summed E-state index contributed by atoms with van der Waals surface area (Å²) in [6.45, 7) is 7.02. The molecule has 1 aromatic heterocycles. The Hall–Kier alpha value is -3.06.